The first-order chi connectivity index (χ1) is 7.75. The van der Waals surface area contributed by atoms with Crippen LogP contribution in [0.5, 0.6) is 0 Å². The summed E-state index contributed by atoms with van der Waals surface area (Å²) >= 11 is 2.24. The number of hydrogen-bond acceptors (Lipinski definition) is 2. The Morgan fingerprint density at radius 2 is 1.88 bits per heavy atom. The van der Waals surface area contributed by atoms with Gasteiger partial charge in [-0.25, -0.2) is 4.79 Å². The molecule has 0 atom stereocenters. The van der Waals surface area contributed by atoms with Gasteiger partial charge in [0.2, 0.25) is 0 Å². The summed E-state index contributed by atoms with van der Waals surface area (Å²) in [5.74, 6) is 0. The van der Waals surface area contributed by atoms with Crippen molar-refractivity contribution >= 4 is 34.3 Å². The van der Waals surface area contributed by atoms with E-state index in [-0.39, 0.29) is 6.03 Å². The highest BCUT2D eigenvalue weighted by Crippen LogP contribution is 2.11. The van der Waals surface area contributed by atoms with Gasteiger partial charge in [0, 0.05) is 35.4 Å². The van der Waals surface area contributed by atoms with Gasteiger partial charge >= 0.3 is 6.03 Å². The fourth-order valence-corrected chi connectivity index (χ4v) is 1.96. The normalized spacial score (nSPS) is 15.9. The summed E-state index contributed by atoms with van der Waals surface area (Å²) in [6.07, 6.45) is 0. The summed E-state index contributed by atoms with van der Waals surface area (Å²) in [6.45, 7) is 3.30. The Bertz CT molecular complexity index is 360. The molecule has 0 aliphatic carbocycles. The fourth-order valence-electron chi connectivity index (χ4n) is 1.60. The van der Waals surface area contributed by atoms with Crippen molar-refractivity contribution in [2.45, 2.75) is 0 Å². The molecule has 1 fully saturated rings. The smallest absolute Gasteiger partial charge is 0.321 e. The van der Waals surface area contributed by atoms with Gasteiger partial charge in [0.1, 0.15) is 0 Å². The SMILES string of the molecule is O=C(Nc1ccc(I)cc1)N1CCNCC1. The highest BCUT2D eigenvalue weighted by Gasteiger charge is 2.15. The quantitative estimate of drug-likeness (QED) is 0.770. The molecule has 0 saturated carbocycles. The average molecular weight is 331 g/mol. The van der Waals surface area contributed by atoms with Crippen LogP contribution in [-0.4, -0.2) is 37.1 Å². The number of anilines is 1. The molecule has 1 aliphatic rings. The Morgan fingerprint density at radius 3 is 2.50 bits per heavy atom. The molecule has 16 heavy (non-hydrogen) atoms. The van der Waals surface area contributed by atoms with E-state index >= 15 is 0 Å². The molecule has 1 aromatic carbocycles. The van der Waals surface area contributed by atoms with E-state index in [1.807, 2.05) is 29.2 Å². The third kappa shape index (κ3) is 3.08. The minimum atomic E-state index is -0.0114. The Labute approximate surface area is 109 Å². The van der Waals surface area contributed by atoms with Gasteiger partial charge < -0.3 is 15.5 Å². The van der Waals surface area contributed by atoms with E-state index in [1.165, 1.54) is 0 Å². The number of benzene rings is 1. The first kappa shape index (κ1) is 11.7. The Balaban J connectivity index is 1.93. The molecule has 1 heterocycles. The van der Waals surface area contributed by atoms with Crippen molar-refractivity contribution in [1.29, 1.82) is 0 Å². The number of halogens is 1. The molecule has 0 radical (unpaired) electrons. The molecule has 1 saturated heterocycles. The number of rotatable bonds is 1. The van der Waals surface area contributed by atoms with E-state index in [1.54, 1.807) is 0 Å². The zero-order chi connectivity index (χ0) is 11.4. The molecule has 2 amide bonds. The fraction of sp³-hybridized carbons (Fsp3) is 0.364. The number of amides is 2. The van der Waals surface area contributed by atoms with E-state index < -0.39 is 0 Å². The number of nitrogens with zero attached hydrogens (tertiary/aromatic N) is 1. The molecule has 2 rings (SSSR count). The molecule has 0 aromatic heterocycles. The van der Waals surface area contributed by atoms with Crippen LogP contribution in [0.3, 0.4) is 0 Å². The number of nitrogens with one attached hydrogen (secondary N) is 2. The lowest BCUT2D eigenvalue weighted by atomic mass is 10.3. The predicted octanol–water partition coefficient (Wildman–Crippen LogP) is 1.73. The van der Waals surface area contributed by atoms with Crippen LogP contribution in [0.15, 0.2) is 24.3 Å². The number of carbonyl (C=O) groups excluding carboxylic acids is 1. The lowest BCUT2D eigenvalue weighted by molar-refractivity contribution is 0.204. The van der Waals surface area contributed by atoms with E-state index in [0.717, 1.165) is 35.4 Å². The second kappa shape index (κ2) is 5.49. The van der Waals surface area contributed by atoms with Crippen molar-refractivity contribution in [3.05, 3.63) is 27.8 Å². The summed E-state index contributed by atoms with van der Waals surface area (Å²) in [6, 6.07) is 7.79. The van der Waals surface area contributed by atoms with Gasteiger partial charge in [-0.3, -0.25) is 0 Å². The summed E-state index contributed by atoms with van der Waals surface area (Å²) < 4.78 is 1.16. The van der Waals surface area contributed by atoms with E-state index in [0.29, 0.717) is 0 Å². The zero-order valence-electron chi connectivity index (χ0n) is 8.87. The van der Waals surface area contributed by atoms with Crippen molar-refractivity contribution in [2.24, 2.45) is 0 Å². The first-order valence-electron chi connectivity index (χ1n) is 5.28. The maximum absolute atomic E-state index is 11.8. The second-order valence-electron chi connectivity index (χ2n) is 3.67. The van der Waals surface area contributed by atoms with Gasteiger partial charge in [0.15, 0.2) is 0 Å². The minimum absolute atomic E-state index is 0.0114. The average Bonchev–Trinajstić information content (AvgIpc) is 2.33. The van der Waals surface area contributed by atoms with Gasteiger partial charge in [-0.2, -0.15) is 0 Å². The first-order valence-corrected chi connectivity index (χ1v) is 6.36. The van der Waals surface area contributed by atoms with Crippen molar-refractivity contribution < 1.29 is 4.79 Å². The number of piperazine rings is 1. The number of carbonyl (C=O) groups is 1. The van der Waals surface area contributed by atoms with E-state index in [9.17, 15) is 4.79 Å². The Kier molecular flexibility index (Phi) is 4.00. The topological polar surface area (TPSA) is 44.4 Å². The van der Waals surface area contributed by atoms with Gasteiger partial charge in [0.25, 0.3) is 0 Å². The Hall–Kier alpha value is -0.820. The van der Waals surface area contributed by atoms with Crippen molar-refractivity contribution in [3.8, 4) is 0 Å². The molecule has 4 nitrogen and oxygen atoms in total. The predicted molar refractivity (Wildman–Crippen MR) is 72.6 cm³/mol. The van der Waals surface area contributed by atoms with Crippen LogP contribution >= 0.6 is 22.6 Å². The van der Waals surface area contributed by atoms with Gasteiger partial charge in [-0.15, -0.1) is 0 Å². The third-order valence-electron chi connectivity index (χ3n) is 2.50. The molecule has 2 N–H and O–H groups in total. The molecule has 0 bridgehead atoms. The van der Waals surface area contributed by atoms with Crippen molar-refractivity contribution in [3.63, 3.8) is 0 Å². The third-order valence-corrected chi connectivity index (χ3v) is 3.22. The van der Waals surface area contributed by atoms with Gasteiger partial charge in [0.05, 0.1) is 0 Å². The molecule has 1 aromatic rings. The van der Waals surface area contributed by atoms with Crippen molar-refractivity contribution in [1.82, 2.24) is 10.2 Å². The summed E-state index contributed by atoms with van der Waals surface area (Å²) in [5.41, 5.74) is 0.851. The summed E-state index contributed by atoms with van der Waals surface area (Å²) in [5, 5.41) is 6.11. The molecule has 0 unspecified atom stereocenters. The molecule has 86 valence electrons. The van der Waals surface area contributed by atoms with Crippen LogP contribution in [-0.2, 0) is 0 Å². The monoisotopic (exact) mass is 331 g/mol. The van der Waals surface area contributed by atoms with Crippen LogP contribution in [0, 0.1) is 3.57 Å². The molecule has 5 heteroatoms. The molecule has 0 spiro atoms. The minimum Gasteiger partial charge on any atom is -0.322 e. The van der Waals surface area contributed by atoms with Crippen LogP contribution in [0.25, 0.3) is 0 Å². The zero-order valence-corrected chi connectivity index (χ0v) is 11.0. The van der Waals surface area contributed by atoms with E-state index in [4.69, 9.17) is 0 Å². The van der Waals surface area contributed by atoms with Crippen LogP contribution < -0.4 is 10.6 Å². The number of urea groups is 1. The maximum atomic E-state index is 11.8. The van der Waals surface area contributed by atoms with Crippen LogP contribution in [0.4, 0.5) is 10.5 Å². The van der Waals surface area contributed by atoms with Crippen LogP contribution in [0.1, 0.15) is 0 Å². The van der Waals surface area contributed by atoms with Gasteiger partial charge in [-0.1, -0.05) is 0 Å². The lowest BCUT2D eigenvalue weighted by Gasteiger charge is -2.27. The standard InChI is InChI=1S/C11H14IN3O/c12-9-1-3-10(4-2-9)14-11(16)15-7-5-13-6-8-15/h1-4,13H,5-8H2,(H,14,16). The van der Waals surface area contributed by atoms with Crippen LogP contribution in [0.2, 0.25) is 0 Å². The molecular formula is C11H14IN3O. The molecule has 1 aliphatic heterocycles. The lowest BCUT2D eigenvalue weighted by Crippen LogP contribution is -2.48. The van der Waals surface area contributed by atoms with Gasteiger partial charge in [-0.05, 0) is 46.9 Å². The van der Waals surface area contributed by atoms with Crippen molar-refractivity contribution in [2.75, 3.05) is 31.5 Å². The summed E-state index contributed by atoms with van der Waals surface area (Å²) in [4.78, 5) is 13.7. The summed E-state index contributed by atoms with van der Waals surface area (Å²) in [7, 11) is 0. The molecular weight excluding hydrogens is 317 g/mol. The number of hydrogen-bond donors (Lipinski definition) is 2. The highest BCUT2D eigenvalue weighted by molar-refractivity contribution is 14.1. The second-order valence-corrected chi connectivity index (χ2v) is 4.92. The highest BCUT2D eigenvalue weighted by atomic mass is 127. The largest absolute Gasteiger partial charge is 0.322 e. The Morgan fingerprint density at radius 1 is 1.25 bits per heavy atom. The van der Waals surface area contributed by atoms with E-state index in [2.05, 4.69) is 33.2 Å². The maximum Gasteiger partial charge on any atom is 0.321 e.